The van der Waals surface area contributed by atoms with Gasteiger partial charge >= 0.3 is 0 Å². The van der Waals surface area contributed by atoms with Crippen molar-refractivity contribution >= 4 is 21.6 Å². The van der Waals surface area contributed by atoms with Crippen LogP contribution < -0.4 is 14.8 Å². The highest BCUT2D eigenvalue weighted by Crippen LogP contribution is 2.30. The topological polar surface area (TPSA) is 103 Å². The summed E-state index contributed by atoms with van der Waals surface area (Å²) in [4.78, 5) is 13.0. The van der Waals surface area contributed by atoms with Crippen LogP contribution in [0.25, 0.3) is 0 Å². The third-order valence-corrected chi connectivity index (χ3v) is 7.58. The van der Waals surface area contributed by atoms with Crippen molar-refractivity contribution in [1.29, 1.82) is 0 Å². The summed E-state index contributed by atoms with van der Waals surface area (Å²) in [7, 11) is -3.72. The molecule has 9 nitrogen and oxygen atoms in total. The normalized spacial score (nSPS) is 19.0. The van der Waals surface area contributed by atoms with E-state index in [1.807, 2.05) is 6.92 Å². The van der Waals surface area contributed by atoms with Crippen LogP contribution in [0.1, 0.15) is 30.1 Å². The molecule has 1 atom stereocenters. The van der Waals surface area contributed by atoms with Crippen molar-refractivity contribution in [2.24, 2.45) is 0 Å². The van der Waals surface area contributed by atoms with E-state index in [0.717, 1.165) is 19.4 Å². The zero-order valence-corrected chi connectivity index (χ0v) is 20.0. The standard InChI is InChI=1S/C24H30N2O7S/c1-2-31-23-10-9-21(34(28,29)26-11-14-30-15-12-26)16-22(23)25-24(27)18-5-7-19(8-6-18)33-17-20-4-3-13-32-20/h5-10,16,20H,2-4,11-15,17H2,1H3,(H,25,27). The molecule has 34 heavy (non-hydrogen) atoms. The third kappa shape index (κ3) is 5.87. The Morgan fingerprint density at radius 2 is 1.85 bits per heavy atom. The maximum Gasteiger partial charge on any atom is 0.255 e. The lowest BCUT2D eigenvalue weighted by Gasteiger charge is -2.26. The molecule has 0 saturated carbocycles. The van der Waals surface area contributed by atoms with Crippen molar-refractivity contribution in [1.82, 2.24) is 4.31 Å². The summed E-state index contributed by atoms with van der Waals surface area (Å²) in [6.45, 7) is 4.73. The average Bonchev–Trinajstić information content (AvgIpc) is 3.38. The first-order chi connectivity index (χ1) is 16.5. The van der Waals surface area contributed by atoms with Crippen LogP contribution in [0, 0.1) is 0 Å². The van der Waals surface area contributed by atoms with E-state index in [1.165, 1.54) is 16.4 Å². The van der Waals surface area contributed by atoms with E-state index in [9.17, 15) is 13.2 Å². The van der Waals surface area contributed by atoms with Gasteiger partial charge in [-0.25, -0.2) is 8.42 Å². The van der Waals surface area contributed by atoms with Gasteiger partial charge in [-0.1, -0.05) is 0 Å². The highest BCUT2D eigenvalue weighted by Gasteiger charge is 2.27. The van der Waals surface area contributed by atoms with Crippen molar-refractivity contribution in [2.45, 2.75) is 30.8 Å². The number of benzene rings is 2. The molecule has 2 saturated heterocycles. The van der Waals surface area contributed by atoms with Gasteiger partial charge in [0.25, 0.3) is 5.91 Å². The number of sulfonamides is 1. The summed E-state index contributed by atoms with van der Waals surface area (Å²) >= 11 is 0. The third-order valence-electron chi connectivity index (χ3n) is 5.68. The monoisotopic (exact) mass is 490 g/mol. The Morgan fingerprint density at radius 3 is 2.53 bits per heavy atom. The van der Waals surface area contributed by atoms with Crippen molar-refractivity contribution < 1.29 is 32.2 Å². The maximum absolute atomic E-state index is 13.1. The summed E-state index contributed by atoms with van der Waals surface area (Å²) in [6, 6.07) is 11.3. The molecule has 184 valence electrons. The summed E-state index contributed by atoms with van der Waals surface area (Å²) in [5, 5.41) is 2.79. The van der Waals surface area contributed by atoms with Gasteiger partial charge in [-0.3, -0.25) is 4.79 Å². The number of hydrogen-bond acceptors (Lipinski definition) is 7. The number of carbonyl (C=O) groups is 1. The first-order valence-corrected chi connectivity index (χ1v) is 12.9. The van der Waals surface area contributed by atoms with Crippen LogP contribution in [0.15, 0.2) is 47.4 Å². The fourth-order valence-electron chi connectivity index (χ4n) is 3.85. The molecular formula is C24H30N2O7S. The molecule has 0 bridgehead atoms. The summed E-state index contributed by atoms with van der Waals surface area (Å²) in [6.07, 6.45) is 2.15. The van der Waals surface area contributed by atoms with Crippen LogP contribution in [0.3, 0.4) is 0 Å². The highest BCUT2D eigenvalue weighted by atomic mass is 32.2. The molecule has 1 N–H and O–H groups in total. The first kappa shape index (κ1) is 24.5. The first-order valence-electron chi connectivity index (χ1n) is 11.5. The Morgan fingerprint density at radius 1 is 1.09 bits per heavy atom. The van der Waals surface area contributed by atoms with Crippen molar-refractivity contribution in [3.63, 3.8) is 0 Å². The second kappa shape index (κ2) is 11.2. The molecule has 1 unspecified atom stereocenters. The molecule has 2 aromatic carbocycles. The minimum Gasteiger partial charge on any atom is -0.492 e. The van der Waals surface area contributed by atoms with Crippen LogP contribution in [-0.2, 0) is 19.5 Å². The number of amides is 1. The lowest BCUT2D eigenvalue weighted by atomic mass is 10.2. The molecule has 2 aliphatic heterocycles. The zero-order valence-electron chi connectivity index (χ0n) is 19.2. The number of rotatable bonds is 9. The number of anilines is 1. The van der Waals surface area contributed by atoms with E-state index < -0.39 is 10.0 Å². The minimum atomic E-state index is -3.72. The zero-order chi connectivity index (χ0) is 24.0. The van der Waals surface area contributed by atoms with Gasteiger partial charge in [0.2, 0.25) is 10.0 Å². The molecular weight excluding hydrogens is 460 g/mol. The molecule has 0 spiro atoms. The van der Waals surface area contributed by atoms with Crippen molar-refractivity contribution in [3.05, 3.63) is 48.0 Å². The molecule has 4 rings (SSSR count). The molecule has 0 aliphatic carbocycles. The summed E-state index contributed by atoms with van der Waals surface area (Å²) in [5.41, 5.74) is 0.702. The van der Waals surface area contributed by atoms with E-state index in [4.69, 9.17) is 18.9 Å². The molecule has 1 amide bonds. The number of carbonyl (C=O) groups excluding carboxylic acids is 1. The number of hydrogen-bond donors (Lipinski definition) is 1. The fourth-order valence-corrected chi connectivity index (χ4v) is 5.28. The van der Waals surface area contributed by atoms with Crippen LogP contribution in [0.2, 0.25) is 0 Å². The van der Waals surface area contributed by atoms with E-state index in [1.54, 1.807) is 30.3 Å². The second-order valence-electron chi connectivity index (χ2n) is 8.03. The summed E-state index contributed by atoms with van der Waals surface area (Å²) in [5.74, 6) is 0.668. The van der Waals surface area contributed by atoms with Crippen LogP contribution in [0.5, 0.6) is 11.5 Å². The van der Waals surface area contributed by atoms with Crippen LogP contribution >= 0.6 is 0 Å². The van der Waals surface area contributed by atoms with E-state index in [-0.39, 0.29) is 16.9 Å². The molecule has 0 radical (unpaired) electrons. The second-order valence-corrected chi connectivity index (χ2v) is 9.97. The van der Waals surface area contributed by atoms with Gasteiger partial charge in [-0.05, 0) is 62.2 Å². The Kier molecular flexibility index (Phi) is 8.04. The van der Waals surface area contributed by atoms with Crippen molar-refractivity contribution in [3.8, 4) is 11.5 Å². The SMILES string of the molecule is CCOc1ccc(S(=O)(=O)N2CCOCC2)cc1NC(=O)c1ccc(OCC2CCCO2)cc1. The van der Waals surface area contributed by atoms with Gasteiger partial charge < -0.3 is 24.3 Å². The number of morpholine rings is 1. The van der Waals surface area contributed by atoms with Crippen LogP contribution in [-0.4, -0.2) is 70.9 Å². The van der Waals surface area contributed by atoms with Gasteiger partial charge in [-0.15, -0.1) is 0 Å². The Hall–Kier alpha value is -2.66. The minimum absolute atomic E-state index is 0.0889. The lowest BCUT2D eigenvalue weighted by Crippen LogP contribution is -2.40. The average molecular weight is 491 g/mol. The Labute approximate surface area is 200 Å². The number of ether oxygens (including phenoxy) is 4. The van der Waals surface area contributed by atoms with Gasteiger partial charge in [0, 0.05) is 25.3 Å². The predicted molar refractivity (Wildman–Crippen MR) is 126 cm³/mol. The number of nitrogens with one attached hydrogen (secondary N) is 1. The Bertz CT molecular complexity index is 1080. The van der Waals surface area contributed by atoms with Gasteiger partial charge in [0.05, 0.1) is 36.5 Å². The number of nitrogens with zero attached hydrogens (tertiary/aromatic N) is 1. The molecule has 2 heterocycles. The van der Waals surface area contributed by atoms with Crippen LogP contribution in [0.4, 0.5) is 5.69 Å². The fraction of sp³-hybridized carbons (Fsp3) is 0.458. The van der Waals surface area contributed by atoms with E-state index in [2.05, 4.69) is 5.32 Å². The largest absolute Gasteiger partial charge is 0.492 e. The lowest BCUT2D eigenvalue weighted by molar-refractivity contribution is 0.0679. The molecule has 2 aromatic rings. The predicted octanol–water partition coefficient (Wildman–Crippen LogP) is 2.92. The smallest absolute Gasteiger partial charge is 0.255 e. The van der Waals surface area contributed by atoms with Gasteiger partial charge in [-0.2, -0.15) is 4.31 Å². The molecule has 10 heteroatoms. The van der Waals surface area contributed by atoms with E-state index in [0.29, 0.717) is 62.3 Å². The maximum atomic E-state index is 13.1. The summed E-state index contributed by atoms with van der Waals surface area (Å²) < 4.78 is 49.7. The molecule has 2 fully saturated rings. The molecule has 2 aliphatic rings. The van der Waals surface area contributed by atoms with Gasteiger partial charge in [0.1, 0.15) is 18.1 Å². The quantitative estimate of drug-likeness (QED) is 0.576. The highest BCUT2D eigenvalue weighted by molar-refractivity contribution is 7.89. The van der Waals surface area contributed by atoms with E-state index >= 15 is 0 Å². The van der Waals surface area contributed by atoms with Gasteiger partial charge in [0.15, 0.2) is 0 Å². The molecule has 0 aromatic heterocycles. The van der Waals surface area contributed by atoms with Crippen molar-refractivity contribution in [2.75, 3.05) is 51.4 Å². The Balaban J connectivity index is 1.47.